The predicted molar refractivity (Wildman–Crippen MR) is 71.0 cm³/mol. The summed E-state index contributed by atoms with van der Waals surface area (Å²) in [5.41, 5.74) is 0.189. The van der Waals surface area contributed by atoms with Crippen LogP contribution >= 0.6 is 15.9 Å². The van der Waals surface area contributed by atoms with Gasteiger partial charge in [-0.1, -0.05) is 15.9 Å². The normalized spacial score (nSPS) is 13.5. The van der Waals surface area contributed by atoms with Gasteiger partial charge >= 0.3 is 6.18 Å². The van der Waals surface area contributed by atoms with Gasteiger partial charge in [0, 0.05) is 24.1 Å². The van der Waals surface area contributed by atoms with E-state index in [0.717, 1.165) is 17.7 Å². The highest BCUT2D eigenvalue weighted by Crippen LogP contribution is 2.34. The van der Waals surface area contributed by atoms with Gasteiger partial charge < -0.3 is 5.11 Å². The molecule has 20 heavy (non-hydrogen) atoms. The zero-order valence-corrected chi connectivity index (χ0v) is 12.1. The van der Waals surface area contributed by atoms with Crippen LogP contribution in [-0.4, -0.2) is 14.9 Å². The molecule has 1 unspecified atom stereocenters. The lowest BCUT2D eigenvalue weighted by Crippen LogP contribution is -2.08. The van der Waals surface area contributed by atoms with Crippen molar-refractivity contribution in [2.75, 3.05) is 0 Å². The minimum atomic E-state index is -4.43. The van der Waals surface area contributed by atoms with E-state index in [1.165, 1.54) is 6.07 Å². The molecule has 1 aromatic heterocycles. The van der Waals surface area contributed by atoms with Crippen LogP contribution in [0.25, 0.3) is 0 Å². The Labute approximate surface area is 122 Å². The number of hydrogen-bond acceptors (Lipinski definition) is 2. The summed E-state index contributed by atoms with van der Waals surface area (Å²) in [7, 11) is 1.73. The van der Waals surface area contributed by atoms with E-state index in [0.29, 0.717) is 4.47 Å². The van der Waals surface area contributed by atoms with Crippen LogP contribution < -0.4 is 0 Å². The average Bonchev–Trinajstić information content (AvgIpc) is 2.73. The van der Waals surface area contributed by atoms with Crippen molar-refractivity contribution in [2.45, 2.75) is 18.7 Å². The summed E-state index contributed by atoms with van der Waals surface area (Å²) < 4.78 is 40.1. The molecule has 2 aromatic rings. The monoisotopic (exact) mass is 348 g/mol. The largest absolute Gasteiger partial charge is 0.416 e. The van der Waals surface area contributed by atoms with Crippen molar-refractivity contribution < 1.29 is 18.3 Å². The van der Waals surface area contributed by atoms with E-state index in [2.05, 4.69) is 21.0 Å². The molecule has 0 saturated heterocycles. The first-order chi connectivity index (χ1) is 9.27. The highest BCUT2D eigenvalue weighted by atomic mass is 79.9. The average molecular weight is 349 g/mol. The van der Waals surface area contributed by atoms with E-state index in [9.17, 15) is 18.3 Å². The maximum Gasteiger partial charge on any atom is 0.416 e. The SMILES string of the molecule is Cn1cc(CC(O)c2cc(C(F)(F)F)ccc2Br)cn1. The predicted octanol–water partition coefficient (Wildman–Crippen LogP) is 3.48. The number of aliphatic hydroxyl groups is 1. The van der Waals surface area contributed by atoms with Crippen molar-refractivity contribution in [3.8, 4) is 0 Å². The molecule has 3 nitrogen and oxygen atoms in total. The Morgan fingerprint density at radius 1 is 1.40 bits per heavy atom. The van der Waals surface area contributed by atoms with Gasteiger partial charge in [0.15, 0.2) is 0 Å². The van der Waals surface area contributed by atoms with Gasteiger partial charge in [-0.05, 0) is 29.3 Å². The van der Waals surface area contributed by atoms with Crippen molar-refractivity contribution >= 4 is 15.9 Å². The number of hydrogen-bond donors (Lipinski definition) is 1. The second-order valence-electron chi connectivity index (χ2n) is 4.48. The fourth-order valence-corrected chi connectivity index (χ4v) is 2.40. The van der Waals surface area contributed by atoms with Gasteiger partial charge in [0.2, 0.25) is 0 Å². The molecule has 1 aromatic carbocycles. The highest BCUT2D eigenvalue weighted by molar-refractivity contribution is 9.10. The summed E-state index contributed by atoms with van der Waals surface area (Å²) in [6, 6.07) is 3.24. The summed E-state index contributed by atoms with van der Waals surface area (Å²) in [6.45, 7) is 0. The second-order valence-corrected chi connectivity index (χ2v) is 5.33. The molecule has 0 radical (unpaired) electrons. The Morgan fingerprint density at radius 2 is 2.10 bits per heavy atom. The van der Waals surface area contributed by atoms with E-state index >= 15 is 0 Å². The van der Waals surface area contributed by atoms with Crippen LogP contribution in [0.4, 0.5) is 13.2 Å². The maximum atomic E-state index is 12.7. The smallest absolute Gasteiger partial charge is 0.388 e. The van der Waals surface area contributed by atoms with Gasteiger partial charge in [-0.3, -0.25) is 4.68 Å². The number of rotatable bonds is 3. The molecule has 0 saturated carbocycles. The molecule has 1 heterocycles. The van der Waals surface area contributed by atoms with Gasteiger partial charge in [0.25, 0.3) is 0 Å². The summed E-state index contributed by atoms with van der Waals surface area (Å²) in [4.78, 5) is 0. The van der Waals surface area contributed by atoms with Crippen molar-refractivity contribution in [3.63, 3.8) is 0 Å². The lowest BCUT2D eigenvalue weighted by Gasteiger charge is -2.15. The van der Waals surface area contributed by atoms with Crippen molar-refractivity contribution in [3.05, 3.63) is 51.8 Å². The van der Waals surface area contributed by atoms with Crippen molar-refractivity contribution in [1.29, 1.82) is 0 Å². The first kappa shape index (κ1) is 15.1. The molecular weight excluding hydrogens is 337 g/mol. The Hall–Kier alpha value is -1.34. The van der Waals surface area contributed by atoms with Gasteiger partial charge in [0.05, 0.1) is 17.9 Å². The molecule has 7 heteroatoms. The molecule has 0 fully saturated rings. The van der Waals surface area contributed by atoms with Crippen LogP contribution in [0.3, 0.4) is 0 Å². The van der Waals surface area contributed by atoms with Crippen LogP contribution in [0.1, 0.15) is 22.8 Å². The number of alkyl halides is 3. The Morgan fingerprint density at radius 3 is 2.65 bits per heavy atom. The Kier molecular flexibility index (Phi) is 4.19. The molecule has 0 spiro atoms. The lowest BCUT2D eigenvalue weighted by atomic mass is 10.0. The van der Waals surface area contributed by atoms with E-state index in [4.69, 9.17) is 0 Å². The van der Waals surface area contributed by atoms with Crippen LogP contribution in [0.15, 0.2) is 35.1 Å². The summed E-state index contributed by atoms with van der Waals surface area (Å²) >= 11 is 3.17. The minimum Gasteiger partial charge on any atom is -0.388 e. The molecular formula is C13H12BrF3N2O. The summed E-state index contributed by atoms with van der Waals surface area (Å²) in [5, 5.41) is 14.1. The topological polar surface area (TPSA) is 38.0 Å². The Balaban J connectivity index is 2.27. The molecule has 0 aliphatic heterocycles. The number of aliphatic hydroxyl groups excluding tert-OH is 1. The van der Waals surface area contributed by atoms with Crippen molar-refractivity contribution in [2.24, 2.45) is 7.05 Å². The number of nitrogens with zero attached hydrogens (tertiary/aromatic N) is 2. The molecule has 0 aliphatic rings. The maximum absolute atomic E-state index is 12.7. The molecule has 0 bridgehead atoms. The zero-order valence-electron chi connectivity index (χ0n) is 10.5. The second kappa shape index (κ2) is 5.57. The minimum absolute atomic E-state index is 0.202. The lowest BCUT2D eigenvalue weighted by molar-refractivity contribution is -0.137. The summed E-state index contributed by atoms with van der Waals surface area (Å²) in [6.07, 6.45) is -1.97. The molecule has 0 amide bonds. The fourth-order valence-electron chi connectivity index (χ4n) is 1.89. The summed E-state index contributed by atoms with van der Waals surface area (Å²) in [5.74, 6) is 0. The van der Waals surface area contributed by atoms with Gasteiger partial charge in [0.1, 0.15) is 0 Å². The molecule has 0 aliphatic carbocycles. The zero-order chi connectivity index (χ0) is 14.9. The van der Waals surface area contributed by atoms with Crippen LogP contribution in [0.5, 0.6) is 0 Å². The van der Waals surface area contributed by atoms with E-state index in [1.807, 2.05) is 0 Å². The number of aryl methyl sites for hydroxylation is 1. The molecule has 2 rings (SSSR count). The van der Waals surface area contributed by atoms with Gasteiger partial charge in [-0.2, -0.15) is 18.3 Å². The number of benzene rings is 1. The van der Waals surface area contributed by atoms with Crippen LogP contribution in [-0.2, 0) is 19.6 Å². The molecule has 1 atom stereocenters. The van der Waals surface area contributed by atoms with E-state index in [-0.39, 0.29) is 12.0 Å². The third-order valence-electron chi connectivity index (χ3n) is 2.87. The highest BCUT2D eigenvalue weighted by Gasteiger charge is 2.31. The van der Waals surface area contributed by atoms with E-state index in [1.54, 1.807) is 24.1 Å². The number of aromatic nitrogens is 2. The quantitative estimate of drug-likeness (QED) is 0.922. The van der Waals surface area contributed by atoms with Crippen molar-refractivity contribution in [1.82, 2.24) is 9.78 Å². The molecule has 1 N–H and O–H groups in total. The standard InChI is InChI=1S/C13H12BrF3N2O/c1-19-7-8(6-18-19)4-12(20)10-5-9(13(15,16)17)2-3-11(10)14/h2-3,5-7,12,20H,4H2,1H3. The first-order valence-corrected chi connectivity index (χ1v) is 6.59. The van der Waals surface area contributed by atoms with E-state index < -0.39 is 17.8 Å². The van der Waals surface area contributed by atoms with Gasteiger partial charge in [-0.25, -0.2) is 0 Å². The Bertz CT molecular complexity index is 610. The van der Waals surface area contributed by atoms with Gasteiger partial charge in [-0.15, -0.1) is 0 Å². The third kappa shape index (κ3) is 3.40. The number of halogens is 4. The van der Waals surface area contributed by atoms with Crippen LogP contribution in [0.2, 0.25) is 0 Å². The first-order valence-electron chi connectivity index (χ1n) is 5.79. The fraction of sp³-hybridized carbons (Fsp3) is 0.308. The van der Waals surface area contributed by atoms with Crippen LogP contribution in [0, 0.1) is 0 Å². The third-order valence-corrected chi connectivity index (χ3v) is 3.59. The molecule has 108 valence electrons.